The van der Waals surface area contributed by atoms with Crippen molar-refractivity contribution >= 4 is 21.7 Å². The number of hydrogen-bond donors (Lipinski definition) is 1. The Kier molecular flexibility index (Phi) is 3.75. The van der Waals surface area contributed by atoms with E-state index in [-0.39, 0.29) is 11.5 Å². The van der Waals surface area contributed by atoms with Gasteiger partial charge in [-0.2, -0.15) is 12.8 Å². The molecule has 1 aliphatic heterocycles. The zero-order chi connectivity index (χ0) is 14.8. The summed E-state index contributed by atoms with van der Waals surface area (Å²) in [6, 6.07) is 6.61. The van der Waals surface area contributed by atoms with Crippen LogP contribution in [0.4, 0.5) is 0 Å². The van der Waals surface area contributed by atoms with E-state index < -0.39 is 21.7 Å². The molecule has 7 nitrogen and oxygen atoms in total. The fourth-order valence-electron chi connectivity index (χ4n) is 1.50. The van der Waals surface area contributed by atoms with E-state index >= 15 is 0 Å². The number of benzene rings is 1. The maximum atomic E-state index is 11.6. The molecule has 0 saturated carbocycles. The van der Waals surface area contributed by atoms with Gasteiger partial charge in [0.1, 0.15) is 23.0 Å². The zero-order valence-electron chi connectivity index (χ0n) is 10.4. The molecular weight excluding hydrogens is 286 g/mol. The lowest BCUT2D eigenvalue weighted by Crippen LogP contribution is -2.07. The predicted molar refractivity (Wildman–Crippen MR) is 70.6 cm³/mol. The van der Waals surface area contributed by atoms with E-state index in [0.717, 1.165) is 6.08 Å². The van der Waals surface area contributed by atoms with Crippen LogP contribution in [0, 0.1) is 0 Å². The highest BCUT2D eigenvalue weighted by Crippen LogP contribution is 2.22. The fraction of sp³-hybridized carbons (Fsp3) is 0.167. The molecule has 0 atom stereocenters. The number of carboxylic acids is 1. The van der Waals surface area contributed by atoms with Crippen molar-refractivity contribution in [2.75, 3.05) is 13.7 Å². The van der Waals surface area contributed by atoms with Crippen molar-refractivity contribution in [3.63, 3.8) is 0 Å². The van der Waals surface area contributed by atoms with Crippen LogP contribution in [0.1, 0.15) is 0 Å². The molecular formula is C12H11NO6S. The largest absolute Gasteiger partial charge is 0.497 e. The van der Waals surface area contributed by atoms with Gasteiger partial charge in [0.25, 0.3) is 10.0 Å². The Hall–Kier alpha value is -2.35. The van der Waals surface area contributed by atoms with Crippen molar-refractivity contribution in [2.24, 2.45) is 4.40 Å². The molecule has 1 aliphatic rings. The highest BCUT2D eigenvalue weighted by atomic mass is 32.2. The van der Waals surface area contributed by atoms with E-state index in [2.05, 4.69) is 4.40 Å². The first-order valence-electron chi connectivity index (χ1n) is 5.48. The Morgan fingerprint density at radius 1 is 1.35 bits per heavy atom. The smallest absolute Gasteiger partial charge is 0.355 e. The maximum absolute atomic E-state index is 11.6. The third kappa shape index (κ3) is 2.97. The standard InChI is InChI=1S/C12H11NO6S/c1-18-8-3-2-4-9(5-8)19-7-10-6-11(12(14)15)13-20(10,16)17/h2-6H,7H2,1H3,(H,14,15). The van der Waals surface area contributed by atoms with E-state index in [1.807, 2.05) is 0 Å². The first-order valence-corrected chi connectivity index (χ1v) is 6.92. The summed E-state index contributed by atoms with van der Waals surface area (Å²) in [7, 11) is -2.46. The second kappa shape index (κ2) is 5.33. The Bertz CT molecular complexity index is 704. The number of carboxylic acid groups (broad SMARTS) is 1. The number of aliphatic carboxylic acids is 1. The van der Waals surface area contributed by atoms with Gasteiger partial charge in [-0.25, -0.2) is 4.79 Å². The molecule has 0 spiro atoms. The molecule has 1 aromatic carbocycles. The molecule has 0 amide bonds. The summed E-state index contributed by atoms with van der Waals surface area (Å²) in [5.74, 6) is -0.428. The summed E-state index contributed by atoms with van der Waals surface area (Å²) in [5.41, 5.74) is -0.519. The summed E-state index contributed by atoms with van der Waals surface area (Å²) in [5, 5.41) is 8.72. The predicted octanol–water partition coefficient (Wildman–Crippen LogP) is 0.827. The topological polar surface area (TPSA) is 102 Å². The summed E-state index contributed by atoms with van der Waals surface area (Å²) in [4.78, 5) is 10.5. The van der Waals surface area contributed by atoms with Crippen LogP contribution in [0.3, 0.4) is 0 Å². The van der Waals surface area contributed by atoms with Gasteiger partial charge in [-0.15, -0.1) is 0 Å². The average molecular weight is 297 g/mol. The molecule has 0 aromatic heterocycles. The second-order valence-electron chi connectivity index (χ2n) is 3.84. The second-order valence-corrected chi connectivity index (χ2v) is 5.49. The van der Waals surface area contributed by atoms with Crippen molar-refractivity contribution in [1.29, 1.82) is 0 Å². The Morgan fingerprint density at radius 3 is 2.65 bits per heavy atom. The van der Waals surface area contributed by atoms with Crippen LogP contribution in [-0.2, 0) is 14.8 Å². The minimum Gasteiger partial charge on any atom is -0.497 e. The van der Waals surface area contributed by atoms with Gasteiger partial charge in [0, 0.05) is 6.07 Å². The highest BCUT2D eigenvalue weighted by molar-refractivity contribution is 7.94. The van der Waals surface area contributed by atoms with Crippen molar-refractivity contribution in [1.82, 2.24) is 0 Å². The minimum absolute atomic E-state index is 0.197. The SMILES string of the molecule is COc1cccc(OCC2=CC(C(=O)O)=NS2(=O)=O)c1. The molecule has 0 aliphatic carbocycles. The highest BCUT2D eigenvalue weighted by Gasteiger charge is 2.28. The van der Waals surface area contributed by atoms with Crippen molar-refractivity contribution in [2.45, 2.75) is 0 Å². The van der Waals surface area contributed by atoms with Crippen LogP contribution in [0.5, 0.6) is 11.5 Å². The Morgan fingerprint density at radius 2 is 2.05 bits per heavy atom. The molecule has 1 aromatic rings. The summed E-state index contributed by atoms with van der Waals surface area (Å²) < 4.78 is 36.6. The maximum Gasteiger partial charge on any atom is 0.355 e. The molecule has 106 valence electrons. The number of sulfonamides is 1. The fourth-order valence-corrected chi connectivity index (χ4v) is 2.48. The van der Waals surface area contributed by atoms with Gasteiger partial charge in [0.15, 0.2) is 5.71 Å². The molecule has 1 N–H and O–H groups in total. The van der Waals surface area contributed by atoms with Gasteiger partial charge >= 0.3 is 5.97 Å². The number of methoxy groups -OCH3 is 1. The molecule has 0 saturated heterocycles. The van der Waals surface area contributed by atoms with Crippen molar-refractivity contribution in [3.05, 3.63) is 35.2 Å². The summed E-state index contributed by atoms with van der Waals surface area (Å²) in [6.45, 7) is -0.296. The third-order valence-electron chi connectivity index (χ3n) is 2.49. The molecule has 0 unspecified atom stereocenters. The third-order valence-corrected chi connectivity index (χ3v) is 3.82. The zero-order valence-corrected chi connectivity index (χ0v) is 11.3. The number of hydrogen-bond acceptors (Lipinski definition) is 5. The van der Waals surface area contributed by atoms with E-state index in [1.54, 1.807) is 24.3 Å². The van der Waals surface area contributed by atoms with Crippen LogP contribution in [0.15, 0.2) is 39.6 Å². The van der Waals surface area contributed by atoms with Gasteiger partial charge in [-0.05, 0) is 18.2 Å². The van der Waals surface area contributed by atoms with Gasteiger partial charge in [0.05, 0.1) is 7.11 Å². The number of nitrogens with zero attached hydrogens (tertiary/aromatic N) is 1. The number of carbonyl (C=O) groups is 1. The van der Waals surface area contributed by atoms with Gasteiger partial charge < -0.3 is 14.6 Å². The van der Waals surface area contributed by atoms with Gasteiger partial charge in [-0.1, -0.05) is 6.07 Å². The number of rotatable bonds is 5. The molecule has 8 heteroatoms. The van der Waals surface area contributed by atoms with Crippen LogP contribution < -0.4 is 9.47 Å². The quantitative estimate of drug-likeness (QED) is 0.863. The Labute approximate surface area is 115 Å². The number of ether oxygens (including phenoxy) is 2. The van der Waals surface area contributed by atoms with Crippen LogP contribution >= 0.6 is 0 Å². The molecule has 2 rings (SSSR count). The lowest BCUT2D eigenvalue weighted by molar-refractivity contribution is -0.129. The van der Waals surface area contributed by atoms with Crippen molar-refractivity contribution in [3.8, 4) is 11.5 Å². The molecule has 0 bridgehead atoms. The summed E-state index contributed by atoms with van der Waals surface area (Å²) in [6.07, 6.45) is 0.984. The van der Waals surface area contributed by atoms with E-state index in [1.165, 1.54) is 7.11 Å². The van der Waals surface area contributed by atoms with Crippen LogP contribution in [-0.4, -0.2) is 38.9 Å². The Balaban J connectivity index is 2.12. The van der Waals surface area contributed by atoms with Gasteiger partial charge in [-0.3, -0.25) is 0 Å². The minimum atomic E-state index is -3.96. The van der Waals surface area contributed by atoms with E-state index in [4.69, 9.17) is 14.6 Å². The lowest BCUT2D eigenvalue weighted by Gasteiger charge is -2.07. The van der Waals surface area contributed by atoms with Crippen molar-refractivity contribution < 1.29 is 27.8 Å². The first kappa shape index (κ1) is 14.1. The lowest BCUT2D eigenvalue weighted by atomic mass is 10.3. The van der Waals surface area contributed by atoms with Crippen LogP contribution in [0.25, 0.3) is 0 Å². The first-order chi connectivity index (χ1) is 9.42. The molecule has 0 radical (unpaired) electrons. The normalized spacial score (nSPS) is 16.2. The van der Waals surface area contributed by atoms with Crippen LogP contribution in [0.2, 0.25) is 0 Å². The summed E-state index contributed by atoms with van der Waals surface area (Å²) >= 11 is 0. The molecule has 1 heterocycles. The average Bonchev–Trinajstić information content (AvgIpc) is 2.72. The molecule has 0 fully saturated rings. The monoisotopic (exact) mass is 297 g/mol. The van der Waals surface area contributed by atoms with E-state index in [0.29, 0.717) is 11.5 Å². The molecule has 20 heavy (non-hydrogen) atoms. The van der Waals surface area contributed by atoms with E-state index in [9.17, 15) is 13.2 Å². The van der Waals surface area contributed by atoms with Gasteiger partial charge in [0.2, 0.25) is 0 Å².